The molecule has 2 fully saturated rings. The lowest BCUT2D eigenvalue weighted by molar-refractivity contribution is -0.196. The minimum atomic E-state index is -0.192. The fourth-order valence-corrected chi connectivity index (χ4v) is 3.57. The van der Waals surface area contributed by atoms with Crippen molar-refractivity contribution < 1.29 is 14.3 Å². The average molecular weight is 255 g/mol. The molecule has 0 aromatic rings. The van der Waals surface area contributed by atoms with E-state index >= 15 is 0 Å². The highest BCUT2D eigenvalue weighted by Gasteiger charge is 2.58. The number of carbonyl (C=O) groups is 1. The number of fused-ring (bicyclic) bond motifs is 1. The van der Waals surface area contributed by atoms with E-state index in [-0.39, 0.29) is 17.4 Å². The van der Waals surface area contributed by atoms with Crippen molar-refractivity contribution >= 4 is 5.97 Å². The molecule has 2 rings (SSSR count). The average Bonchev–Trinajstić information content (AvgIpc) is 2.39. The molecule has 0 aromatic carbocycles. The minimum absolute atomic E-state index is 0.104. The van der Waals surface area contributed by atoms with Gasteiger partial charge in [0.2, 0.25) is 0 Å². The predicted octanol–water partition coefficient (Wildman–Crippen LogP) is 1.73. The van der Waals surface area contributed by atoms with Crippen molar-refractivity contribution in [3.05, 3.63) is 0 Å². The van der Waals surface area contributed by atoms with E-state index in [1.165, 1.54) is 13.5 Å². The Labute approximate surface area is 109 Å². The van der Waals surface area contributed by atoms with Crippen LogP contribution in [-0.2, 0) is 14.3 Å². The van der Waals surface area contributed by atoms with E-state index in [2.05, 4.69) is 19.2 Å². The van der Waals surface area contributed by atoms with Crippen LogP contribution in [0.1, 0.15) is 40.0 Å². The summed E-state index contributed by atoms with van der Waals surface area (Å²) in [4.78, 5) is 11.7. The second-order valence-electron chi connectivity index (χ2n) is 6.05. The van der Waals surface area contributed by atoms with Crippen LogP contribution in [-0.4, -0.2) is 37.9 Å². The Bertz CT molecular complexity index is 316. The van der Waals surface area contributed by atoms with Crippen LogP contribution in [0.4, 0.5) is 0 Å². The zero-order valence-corrected chi connectivity index (χ0v) is 11.9. The molecule has 0 amide bonds. The topological polar surface area (TPSA) is 47.6 Å². The van der Waals surface area contributed by atoms with Gasteiger partial charge in [-0.1, -0.05) is 20.8 Å². The van der Waals surface area contributed by atoms with Gasteiger partial charge in [-0.2, -0.15) is 0 Å². The van der Waals surface area contributed by atoms with E-state index < -0.39 is 0 Å². The second kappa shape index (κ2) is 5.17. The van der Waals surface area contributed by atoms with E-state index in [9.17, 15) is 4.79 Å². The lowest BCUT2D eigenvalue weighted by Crippen LogP contribution is -2.71. The molecule has 1 saturated heterocycles. The fourth-order valence-electron chi connectivity index (χ4n) is 3.57. The first-order valence-electron chi connectivity index (χ1n) is 6.97. The maximum Gasteiger partial charge on any atom is 0.322 e. The number of rotatable bonds is 4. The molecule has 0 aromatic heterocycles. The number of hydrogen-bond acceptors (Lipinski definition) is 4. The lowest BCUT2D eigenvalue weighted by Gasteiger charge is -2.60. The molecule has 1 saturated carbocycles. The van der Waals surface area contributed by atoms with Crippen molar-refractivity contribution in [1.29, 1.82) is 0 Å². The maximum absolute atomic E-state index is 11.7. The van der Waals surface area contributed by atoms with Gasteiger partial charge in [-0.15, -0.1) is 0 Å². The van der Waals surface area contributed by atoms with Gasteiger partial charge in [-0.05, 0) is 19.3 Å². The Morgan fingerprint density at radius 2 is 2.28 bits per heavy atom. The molecule has 1 aliphatic heterocycles. The van der Waals surface area contributed by atoms with Crippen LogP contribution in [0.3, 0.4) is 0 Å². The first kappa shape index (κ1) is 13.8. The van der Waals surface area contributed by atoms with Gasteiger partial charge in [0.05, 0.1) is 13.2 Å². The summed E-state index contributed by atoms with van der Waals surface area (Å²) in [5.41, 5.74) is 0.104. The Morgan fingerprint density at radius 3 is 2.89 bits per heavy atom. The van der Waals surface area contributed by atoms with E-state index in [1.807, 2.05) is 6.92 Å². The number of ether oxygens (including phenoxy) is 2. The van der Waals surface area contributed by atoms with Crippen molar-refractivity contribution in [3.8, 4) is 0 Å². The van der Waals surface area contributed by atoms with E-state index in [0.717, 1.165) is 19.4 Å². The fraction of sp³-hybridized carbons (Fsp3) is 0.929. The van der Waals surface area contributed by atoms with Crippen LogP contribution < -0.4 is 5.32 Å². The Morgan fingerprint density at radius 1 is 1.56 bits per heavy atom. The number of nitrogens with one attached hydrogen (secondary N) is 1. The molecule has 18 heavy (non-hydrogen) atoms. The normalized spacial score (nSPS) is 35.2. The summed E-state index contributed by atoms with van der Waals surface area (Å²) in [5.74, 6) is 0.390. The summed E-state index contributed by atoms with van der Waals surface area (Å²) in [6, 6.07) is 0.161. The second-order valence-corrected chi connectivity index (χ2v) is 6.05. The molecule has 4 heteroatoms. The smallest absolute Gasteiger partial charge is 0.322 e. The molecule has 4 atom stereocenters. The molecule has 1 aliphatic carbocycles. The van der Waals surface area contributed by atoms with Crippen molar-refractivity contribution in [3.63, 3.8) is 0 Å². The largest absolute Gasteiger partial charge is 0.468 e. The Hall–Kier alpha value is -0.610. The van der Waals surface area contributed by atoms with Gasteiger partial charge in [0.1, 0.15) is 6.04 Å². The van der Waals surface area contributed by atoms with Gasteiger partial charge in [0.25, 0.3) is 0 Å². The van der Waals surface area contributed by atoms with Crippen molar-refractivity contribution in [2.24, 2.45) is 11.3 Å². The molecular formula is C14H25NO3. The van der Waals surface area contributed by atoms with Gasteiger partial charge in [0.15, 0.2) is 0 Å². The quantitative estimate of drug-likeness (QED) is 0.777. The molecule has 104 valence electrons. The zero-order valence-electron chi connectivity index (χ0n) is 11.9. The number of esters is 1. The van der Waals surface area contributed by atoms with Crippen molar-refractivity contribution in [1.82, 2.24) is 5.32 Å². The summed E-state index contributed by atoms with van der Waals surface area (Å²) in [6.07, 6.45) is 3.43. The lowest BCUT2D eigenvalue weighted by atomic mass is 9.55. The standard InChI is InChI=1S/C14H25NO3/c1-5-10(13(16)17-4)15-11-9-7-6-8-18-12(9)14(11,2)3/h9-12,15H,5-8H2,1-4H3. The highest BCUT2D eigenvalue weighted by molar-refractivity contribution is 5.75. The highest BCUT2D eigenvalue weighted by Crippen LogP contribution is 2.51. The molecular weight excluding hydrogens is 230 g/mol. The number of hydrogen-bond donors (Lipinski definition) is 1. The van der Waals surface area contributed by atoms with Gasteiger partial charge in [0, 0.05) is 24.0 Å². The molecule has 0 bridgehead atoms. The van der Waals surface area contributed by atoms with Crippen LogP contribution in [0.2, 0.25) is 0 Å². The summed E-state index contributed by atoms with van der Waals surface area (Å²) >= 11 is 0. The minimum Gasteiger partial charge on any atom is -0.468 e. The molecule has 2 aliphatic rings. The molecule has 4 unspecified atom stereocenters. The third kappa shape index (κ3) is 2.16. The Kier molecular flexibility index (Phi) is 3.97. The molecule has 0 spiro atoms. The first-order valence-corrected chi connectivity index (χ1v) is 6.97. The molecule has 4 nitrogen and oxygen atoms in total. The monoisotopic (exact) mass is 255 g/mol. The van der Waals surface area contributed by atoms with Crippen LogP contribution in [0.5, 0.6) is 0 Å². The predicted molar refractivity (Wildman–Crippen MR) is 69.3 cm³/mol. The van der Waals surface area contributed by atoms with Gasteiger partial charge in [-0.3, -0.25) is 4.79 Å². The van der Waals surface area contributed by atoms with Gasteiger partial charge in [-0.25, -0.2) is 0 Å². The third-order valence-electron chi connectivity index (χ3n) is 4.61. The summed E-state index contributed by atoms with van der Waals surface area (Å²) in [5, 5.41) is 3.49. The van der Waals surface area contributed by atoms with Crippen molar-refractivity contribution in [2.75, 3.05) is 13.7 Å². The van der Waals surface area contributed by atoms with E-state index in [4.69, 9.17) is 9.47 Å². The first-order chi connectivity index (χ1) is 8.52. The van der Waals surface area contributed by atoms with Crippen LogP contribution in [0.15, 0.2) is 0 Å². The highest BCUT2D eigenvalue weighted by atomic mass is 16.5. The zero-order chi connectivity index (χ0) is 13.3. The number of methoxy groups -OCH3 is 1. The molecule has 1 N–H and O–H groups in total. The third-order valence-corrected chi connectivity index (χ3v) is 4.61. The maximum atomic E-state index is 11.7. The number of carbonyl (C=O) groups excluding carboxylic acids is 1. The van der Waals surface area contributed by atoms with E-state index in [0.29, 0.717) is 18.1 Å². The van der Waals surface area contributed by atoms with Gasteiger partial charge < -0.3 is 14.8 Å². The SMILES string of the molecule is CCC(NC1C2CCCOC2C1(C)C)C(=O)OC. The summed E-state index contributed by atoms with van der Waals surface area (Å²) < 4.78 is 10.7. The molecule has 1 heterocycles. The van der Waals surface area contributed by atoms with E-state index in [1.54, 1.807) is 0 Å². The summed E-state index contributed by atoms with van der Waals surface area (Å²) in [7, 11) is 1.45. The molecule has 0 radical (unpaired) electrons. The van der Waals surface area contributed by atoms with Crippen molar-refractivity contribution in [2.45, 2.75) is 58.2 Å². The van der Waals surface area contributed by atoms with Gasteiger partial charge >= 0.3 is 5.97 Å². The van der Waals surface area contributed by atoms with Crippen LogP contribution in [0.25, 0.3) is 0 Å². The van der Waals surface area contributed by atoms with Crippen LogP contribution in [0, 0.1) is 11.3 Å². The Balaban J connectivity index is 2.02. The summed E-state index contributed by atoms with van der Waals surface area (Å²) in [6.45, 7) is 7.34. The van der Waals surface area contributed by atoms with Crippen LogP contribution >= 0.6 is 0 Å².